The minimum absolute atomic E-state index is 0.288. The zero-order valence-electron chi connectivity index (χ0n) is 12.5. The van der Waals surface area contributed by atoms with E-state index >= 15 is 0 Å². The maximum absolute atomic E-state index is 6.20. The highest BCUT2D eigenvalue weighted by Gasteiger charge is 2.16. The summed E-state index contributed by atoms with van der Waals surface area (Å²) in [6, 6.07) is 8.79. The van der Waals surface area contributed by atoms with Crippen molar-refractivity contribution in [2.75, 3.05) is 18.5 Å². The van der Waals surface area contributed by atoms with Crippen molar-refractivity contribution in [2.45, 2.75) is 46.6 Å². The van der Waals surface area contributed by atoms with Gasteiger partial charge in [0.25, 0.3) is 0 Å². The summed E-state index contributed by atoms with van der Waals surface area (Å²) >= 11 is 0. The van der Waals surface area contributed by atoms with E-state index < -0.39 is 0 Å². The summed E-state index contributed by atoms with van der Waals surface area (Å²) in [5.41, 5.74) is 9.15. The molecule has 1 unspecified atom stereocenters. The van der Waals surface area contributed by atoms with E-state index in [0.717, 1.165) is 19.4 Å². The Balaban J connectivity index is 2.47. The number of hydrogen-bond acceptors (Lipinski definition) is 2. The molecule has 0 aromatic heterocycles. The molecule has 2 nitrogen and oxygen atoms in total. The molecule has 0 saturated heterocycles. The Bertz CT molecular complexity index is 366. The third kappa shape index (κ3) is 5.09. The lowest BCUT2D eigenvalue weighted by atomic mass is 9.87. The molecule has 0 aliphatic carbocycles. The summed E-state index contributed by atoms with van der Waals surface area (Å²) in [5, 5.41) is 0. The summed E-state index contributed by atoms with van der Waals surface area (Å²) in [4.78, 5) is 2.30. The van der Waals surface area contributed by atoms with Gasteiger partial charge in [-0.05, 0) is 36.8 Å². The molecule has 0 aliphatic rings. The predicted molar refractivity (Wildman–Crippen MR) is 81.1 cm³/mol. The first-order valence-corrected chi connectivity index (χ1v) is 6.82. The van der Waals surface area contributed by atoms with Gasteiger partial charge in [-0.25, -0.2) is 0 Å². The zero-order chi connectivity index (χ0) is 13.8. The third-order valence-corrected chi connectivity index (χ3v) is 3.24. The van der Waals surface area contributed by atoms with E-state index in [-0.39, 0.29) is 6.04 Å². The smallest absolute Gasteiger partial charge is 0.0393 e. The number of hydrogen-bond donors (Lipinski definition) is 1. The minimum Gasteiger partial charge on any atom is -0.374 e. The van der Waals surface area contributed by atoms with E-state index in [1.165, 1.54) is 11.3 Å². The second-order valence-corrected chi connectivity index (χ2v) is 6.52. The average molecular weight is 248 g/mol. The normalized spacial score (nSPS) is 13.4. The van der Waals surface area contributed by atoms with Crippen LogP contribution in [0.3, 0.4) is 0 Å². The fourth-order valence-electron chi connectivity index (χ4n) is 2.36. The van der Waals surface area contributed by atoms with Crippen LogP contribution in [0, 0.1) is 12.3 Å². The third-order valence-electron chi connectivity index (χ3n) is 3.24. The molecule has 0 heterocycles. The number of aryl methyl sites for hydroxylation is 1. The molecule has 1 rings (SSSR count). The van der Waals surface area contributed by atoms with Crippen molar-refractivity contribution >= 4 is 5.69 Å². The molecule has 0 radical (unpaired) electrons. The highest BCUT2D eigenvalue weighted by atomic mass is 15.1. The Kier molecular flexibility index (Phi) is 5.21. The van der Waals surface area contributed by atoms with Crippen LogP contribution in [0.15, 0.2) is 24.3 Å². The largest absolute Gasteiger partial charge is 0.374 e. The summed E-state index contributed by atoms with van der Waals surface area (Å²) in [7, 11) is 2.14. The molecule has 0 amide bonds. The molecule has 1 atom stereocenters. The van der Waals surface area contributed by atoms with Crippen molar-refractivity contribution < 1.29 is 0 Å². The summed E-state index contributed by atoms with van der Waals surface area (Å²) in [6.07, 6.45) is 2.12. The van der Waals surface area contributed by atoms with E-state index in [1.807, 2.05) is 0 Å². The van der Waals surface area contributed by atoms with Crippen LogP contribution < -0.4 is 10.6 Å². The lowest BCUT2D eigenvalue weighted by Crippen LogP contribution is -2.31. The van der Waals surface area contributed by atoms with E-state index in [0.29, 0.717) is 5.41 Å². The van der Waals surface area contributed by atoms with Crippen molar-refractivity contribution in [3.8, 4) is 0 Å². The topological polar surface area (TPSA) is 29.3 Å². The van der Waals surface area contributed by atoms with E-state index in [4.69, 9.17) is 5.73 Å². The second-order valence-electron chi connectivity index (χ2n) is 6.52. The van der Waals surface area contributed by atoms with Gasteiger partial charge in [-0.3, -0.25) is 0 Å². The Morgan fingerprint density at radius 3 is 2.39 bits per heavy atom. The monoisotopic (exact) mass is 248 g/mol. The fourth-order valence-corrected chi connectivity index (χ4v) is 2.36. The van der Waals surface area contributed by atoms with Crippen LogP contribution in [-0.4, -0.2) is 19.6 Å². The molecule has 2 heteroatoms. The highest BCUT2D eigenvalue weighted by Crippen LogP contribution is 2.22. The lowest BCUT2D eigenvalue weighted by Gasteiger charge is -2.26. The van der Waals surface area contributed by atoms with E-state index in [1.54, 1.807) is 0 Å². The van der Waals surface area contributed by atoms with Gasteiger partial charge in [-0.2, -0.15) is 0 Å². The van der Waals surface area contributed by atoms with E-state index in [2.05, 4.69) is 63.9 Å². The summed E-state index contributed by atoms with van der Waals surface area (Å²) in [6.45, 7) is 9.91. The van der Waals surface area contributed by atoms with Gasteiger partial charge in [0.2, 0.25) is 0 Å². The van der Waals surface area contributed by atoms with Crippen molar-refractivity contribution in [3.05, 3.63) is 29.8 Å². The molecule has 0 bridgehead atoms. The number of para-hydroxylation sites is 1. The predicted octanol–water partition coefficient (Wildman–Crippen LogP) is 3.58. The maximum atomic E-state index is 6.20. The number of anilines is 1. The Morgan fingerprint density at radius 1 is 1.22 bits per heavy atom. The van der Waals surface area contributed by atoms with Gasteiger partial charge in [-0.15, -0.1) is 0 Å². The SMILES string of the molecule is Cc1ccccc1N(C)CCC(N)CC(C)(C)C. The standard InChI is InChI=1S/C16H28N2/c1-13-8-6-7-9-15(13)18(5)11-10-14(17)12-16(2,3)4/h6-9,14H,10-12,17H2,1-5H3. The first-order valence-electron chi connectivity index (χ1n) is 6.82. The van der Waals surface area contributed by atoms with Crippen molar-refractivity contribution in [1.82, 2.24) is 0 Å². The number of rotatable bonds is 5. The van der Waals surface area contributed by atoms with Crippen LogP contribution in [0.2, 0.25) is 0 Å². The van der Waals surface area contributed by atoms with Crippen LogP contribution in [0.1, 0.15) is 39.2 Å². The molecule has 0 saturated carbocycles. The molecule has 102 valence electrons. The van der Waals surface area contributed by atoms with Gasteiger partial charge < -0.3 is 10.6 Å². The zero-order valence-corrected chi connectivity index (χ0v) is 12.5. The summed E-state index contributed by atoms with van der Waals surface area (Å²) in [5.74, 6) is 0. The molecule has 18 heavy (non-hydrogen) atoms. The maximum Gasteiger partial charge on any atom is 0.0393 e. The molecule has 0 fully saturated rings. The second kappa shape index (κ2) is 6.24. The first kappa shape index (κ1) is 15.0. The van der Waals surface area contributed by atoms with Crippen LogP contribution in [0.4, 0.5) is 5.69 Å². The Hall–Kier alpha value is -1.02. The quantitative estimate of drug-likeness (QED) is 0.863. The number of benzene rings is 1. The molecular weight excluding hydrogens is 220 g/mol. The van der Waals surface area contributed by atoms with E-state index in [9.17, 15) is 0 Å². The van der Waals surface area contributed by atoms with Crippen molar-refractivity contribution in [2.24, 2.45) is 11.1 Å². The minimum atomic E-state index is 0.288. The van der Waals surface area contributed by atoms with Crippen LogP contribution in [-0.2, 0) is 0 Å². The number of nitrogens with zero attached hydrogens (tertiary/aromatic N) is 1. The van der Waals surface area contributed by atoms with Gasteiger partial charge in [-0.1, -0.05) is 39.0 Å². The molecule has 2 N–H and O–H groups in total. The molecule has 1 aromatic carbocycles. The molecule has 1 aromatic rings. The van der Waals surface area contributed by atoms with Crippen LogP contribution >= 0.6 is 0 Å². The van der Waals surface area contributed by atoms with Gasteiger partial charge in [0.1, 0.15) is 0 Å². The first-order chi connectivity index (χ1) is 8.29. The molecule has 0 aliphatic heterocycles. The van der Waals surface area contributed by atoms with Gasteiger partial charge in [0.15, 0.2) is 0 Å². The van der Waals surface area contributed by atoms with Gasteiger partial charge >= 0.3 is 0 Å². The average Bonchev–Trinajstić information content (AvgIpc) is 2.24. The van der Waals surface area contributed by atoms with Crippen molar-refractivity contribution in [3.63, 3.8) is 0 Å². The highest BCUT2D eigenvalue weighted by molar-refractivity contribution is 5.52. The molecule has 0 spiro atoms. The van der Waals surface area contributed by atoms with Gasteiger partial charge in [0.05, 0.1) is 0 Å². The van der Waals surface area contributed by atoms with Gasteiger partial charge in [0, 0.05) is 25.3 Å². The van der Waals surface area contributed by atoms with Crippen LogP contribution in [0.5, 0.6) is 0 Å². The number of nitrogens with two attached hydrogens (primary N) is 1. The Morgan fingerprint density at radius 2 is 1.83 bits per heavy atom. The summed E-state index contributed by atoms with van der Waals surface area (Å²) < 4.78 is 0. The lowest BCUT2D eigenvalue weighted by molar-refractivity contribution is 0.332. The van der Waals surface area contributed by atoms with Crippen LogP contribution in [0.25, 0.3) is 0 Å². The van der Waals surface area contributed by atoms with Crippen molar-refractivity contribution in [1.29, 1.82) is 0 Å². The Labute approximate surface area is 112 Å². The molecular formula is C16H28N2. The fraction of sp³-hybridized carbons (Fsp3) is 0.625.